The van der Waals surface area contributed by atoms with Crippen molar-refractivity contribution in [2.45, 2.75) is 323 Å². The van der Waals surface area contributed by atoms with Crippen LogP contribution in [0.2, 0.25) is 10.0 Å². The minimum absolute atomic E-state index is 0.0956. The second-order valence-corrected chi connectivity index (χ2v) is 38.9. The van der Waals surface area contributed by atoms with Crippen LogP contribution >= 0.6 is 45.9 Å². The fourth-order valence-electron chi connectivity index (χ4n) is 20.5. The summed E-state index contributed by atoms with van der Waals surface area (Å²) in [5.74, 6) is -0.496. The number of benzene rings is 7. The van der Waals surface area contributed by atoms with Gasteiger partial charge < -0.3 is 0 Å². The van der Waals surface area contributed by atoms with Crippen LogP contribution in [0.4, 0.5) is 0 Å². The highest BCUT2D eigenvalue weighted by Crippen LogP contribution is 2.66. The molecular weight excluding hydrogens is 1590 g/mol. The Morgan fingerprint density at radius 3 is 0.871 bits per heavy atom. The van der Waals surface area contributed by atoms with Gasteiger partial charge in [0.15, 0.2) is 11.6 Å². The van der Waals surface area contributed by atoms with Crippen molar-refractivity contribution in [1.29, 1.82) is 10.5 Å². The molecule has 6 nitrogen and oxygen atoms in total. The number of nitrogens with zero attached hydrogens (tertiary/aromatic N) is 4. The summed E-state index contributed by atoms with van der Waals surface area (Å²) < 4.78 is 0. The zero-order valence-corrected chi connectivity index (χ0v) is 78.5. The molecule has 0 spiro atoms. The van der Waals surface area contributed by atoms with Gasteiger partial charge in [-0.1, -0.05) is 330 Å². The van der Waals surface area contributed by atoms with Gasteiger partial charge in [0.2, 0.25) is 0 Å². The first-order chi connectivity index (χ1) is 60.6. The second kappa shape index (κ2) is 44.3. The molecule has 13 rings (SSSR count). The summed E-state index contributed by atoms with van der Waals surface area (Å²) in [4.78, 5) is 42.8. The zero-order valence-electron chi connectivity index (χ0n) is 75.3. The van der Waals surface area contributed by atoms with Crippen molar-refractivity contribution in [2.24, 2.45) is 0 Å². The Morgan fingerprint density at radius 1 is 0.331 bits per heavy atom. The Morgan fingerprint density at radius 2 is 0.597 bits per heavy atom. The molecule has 4 aliphatic rings. The van der Waals surface area contributed by atoms with Gasteiger partial charge in [-0.2, -0.15) is 0 Å². The van der Waals surface area contributed by atoms with E-state index in [0.29, 0.717) is 33.4 Å². The average molecular weight is 1720 g/mol. The molecule has 4 aliphatic carbocycles. The number of thiophene rings is 2. The Balaban J connectivity index is 1.24. The summed E-state index contributed by atoms with van der Waals surface area (Å²) in [6, 6.07) is 56.4. The highest BCUT2D eigenvalue weighted by molar-refractivity contribution is 7.17. The summed E-state index contributed by atoms with van der Waals surface area (Å²) in [5, 5.41) is 22.4. The van der Waals surface area contributed by atoms with Gasteiger partial charge in [0, 0.05) is 52.9 Å². The van der Waals surface area contributed by atoms with E-state index in [4.69, 9.17) is 36.3 Å². The van der Waals surface area contributed by atoms with E-state index in [9.17, 15) is 10.5 Å². The molecule has 642 valence electrons. The highest BCUT2D eigenvalue weighted by atomic mass is 35.5. The number of ketones is 2. The van der Waals surface area contributed by atoms with E-state index in [1.807, 2.05) is 36.4 Å². The molecule has 124 heavy (non-hydrogen) atoms. The van der Waals surface area contributed by atoms with Gasteiger partial charge in [-0.25, -0.2) is 20.2 Å². The predicted molar refractivity (Wildman–Crippen MR) is 525 cm³/mol. The molecule has 0 unspecified atom stereocenters. The molecule has 2 heterocycles. The fraction of sp³-hybridized carbons (Fsp3) is 0.439. The number of aryl methyl sites for hydroxylation is 8. The van der Waals surface area contributed by atoms with E-state index >= 15 is 9.59 Å². The SMILES string of the molecule is [C-]#[N+]/C(C#N)=C1\C(=C\c2cc3c(s2)-c2cc4c(cc2C3(c2cc(CCCCCC)cc(CCCCCC)c2)c2cc(CCCCCC)cc(CCCCCC)c2)-c2sc(/C=C3\C(=O)c5cc(Cl)c(Cl)cc5\C3=C(\C#N)[N+]#[C-])cc2C4(c2cc(CCCCCC)cc(CCCCCC)c2)c2cc(CCCCCC)cc(CCCCCC)c2)C(=O)c2ccccc21. The van der Waals surface area contributed by atoms with Gasteiger partial charge in [0.05, 0.1) is 46.2 Å². The minimum atomic E-state index is -0.977. The lowest BCUT2D eigenvalue weighted by Crippen LogP contribution is -2.31. The van der Waals surface area contributed by atoms with Crippen molar-refractivity contribution < 1.29 is 9.59 Å². The number of nitriles is 2. The minimum Gasteiger partial charge on any atom is -0.289 e. The summed E-state index contributed by atoms with van der Waals surface area (Å²) in [5.41, 5.74) is 23.7. The van der Waals surface area contributed by atoms with Crippen LogP contribution in [0.1, 0.15) is 391 Å². The largest absolute Gasteiger partial charge is 0.289 e. The first-order valence-electron chi connectivity index (χ1n) is 47.8. The summed E-state index contributed by atoms with van der Waals surface area (Å²) in [6.07, 6.45) is 47.9. The standard InChI is InChI=1S/C114H128Cl2N4O2S2/c1-11-19-27-35-45-77-55-78(46-36-28-20-12-2)60-85(59-77)113(86-61-79(47-37-29-21-13-3)56-80(62-86)48-38-30-22-14-4)99-72-96-100(71-95(99)111-101(113)69-89(123-111)67-97-107(105(75-117)119-9)91-53-43-44-54-92(91)109(97)121)114(87-63-81(49-39-31-23-15-5)57-82(64-87)50-40-32-24-16-6,88-65-83(51-41-33-25-17-7)58-84(66-88)52-42-34-26-18-8)102-70-90(124-112(96)102)68-98-108(106(76-118)120-10)93-73-103(115)104(116)74-94(93)110(98)122/h43-44,53-74H,11-42,45-52H2,1-8H3/b97-67-,98-68-,107-105-,108-106+. The quantitative estimate of drug-likeness (QED) is 0.0165. The van der Waals surface area contributed by atoms with Crippen LogP contribution < -0.4 is 0 Å². The lowest BCUT2D eigenvalue weighted by Gasteiger charge is -2.37. The average Bonchev–Trinajstić information content (AvgIpc) is 1.50. The number of halogens is 2. The molecule has 0 radical (unpaired) electrons. The number of hydrogen-bond acceptors (Lipinski definition) is 6. The normalized spacial score (nSPS) is 15.2. The third-order valence-corrected chi connectivity index (χ3v) is 29.7. The number of carbonyl (C=O) groups excluding carboxylic acids is 2. The number of hydrogen-bond donors (Lipinski definition) is 0. The Kier molecular flexibility index (Phi) is 33.0. The molecule has 0 fully saturated rings. The van der Waals surface area contributed by atoms with Crippen molar-refractivity contribution in [3.05, 3.63) is 310 Å². The summed E-state index contributed by atoms with van der Waals surface area (Å²) >= 11 is 17.2. The molecule has 9 aromatic rings. The van der Waals surface area contributed by atoms with E-state index in [2.05, 4.69) is 174 Å². The number of rotatable bonds is 46. The van der Waals surface area contributed by atoms with Crippen LogP contribution in [0.3, 0.4) is 0 Å². The lowest BCUT2D eigenvalue weighted by molar-refractivity contribution is 0.103. The van der Waals surface area contributed by atoms with E-state index < -0.39 is 10.8 Å². The third kappa shape index (κ3) is 19.9. The third-order valence-electron chi connectivity index (χ3n) is 26.8. The summed E-state index contributed by atoms with van der Waals surface area (Å²) in [7, 11) is 0. The smallest absolute Gasteiger partial charge is 0.270 e. The van der Waals surface area contributed by atoms with E-state index in [1.165, 1.54) is 135 Å². The maximum Gasteiger partial charge on any atom is 0.270 e. The van der Waals surface area contributed by atoms with E-state index in [1.54, 1.807) is 34.8 Å². The predicted octanol–water partition coefficient (Wildman–Crippen LogP) is 33.7. The lowest BCUT2D eigenvalue weighted by atomic mass is 9.64. The molecule has 2 aromatic heterocycles. The highest BCUT2D eigenvalue weighted by Gasteiger charge is 2.54. The molecule has 0 saturated heterocycles. The maximum absolute atomic E-state index is 15.6. The second-order valence-electron chi connectivity index (χ2n) is 35.9. The van der Waals surface area contributed by atoms with Crippen LogP contribution in [-0.2, 0) is 62.2 Å². The van der Waals surface area contributed by atoms with Gasteiger partial charge in [-0.15, -0.1) is 22.7 Å². The van der Waals surface area contributed by atoms with Crippen molar-refractivity contribution in [1.82, 2.24) is 0 Å². The van der Waals surface area contributed by atoms with Crippen LogP contribution in [0.15, 0.2) is 156 Å². The van der Waals surface area contributed by atoms with Gasteiger partial charge in [0.25, 0.3) is 11.4 Å². The van der Waals surface area contributed by atoms with Crippen molar-refractivity contribution in [3.8, 4) is 33.0 Å². The first kappa shape index (κ1) is 92.4. The molecule has 10 heteroatoms. The van der Waals surface area contributed by atoms with Gasteiger partial charge >= 0.3 is 0 Å². The molecule has 0 N–H and O–H groups in total. The number of allylic oxidation sites excluding steroid dienone is 6. The molecule has 0 saturated carbocycles. The van der Waals surface area contributed by atoms with Crippen molar-refractivity contribution >= 4 is 80.7 Å². The number of carbonyl (C=O) groups is 2. The zero-order chi connectivity index (χ0) is 87.3. The Bertz CT molecular complexity index is 5380. The molecule has 0 amide bonds. The van der Waals surface area contributed by atoms with Gasteiger partial charge in [-0.3, -0.25) is 9.59 Å². The van der Waals surface area contributed by atoms with E-state index in [0.717, 1.165) is 242 Å². The molecule has 0 atom stereocenters. The first-order valence-corrected chi connectivity index (χ1v) is 50.2. The monoisotopic (exact) mass is 1720 g/mol. The number of fused-ring (bicyclic) bond motifs is 8. The maximum atomic E-state index is 15.6. The molecule has 0 aliphatic heterocycles. The van der Waals surface area contributed by atoms with Crippen LogP contribution in [0.5, 0.6) is 0 Å². The van der Waals surface area contributed by atoms with Gasteiger partial charge in [-0.05, 0) is 263 Å². The van der Waals surface area contributed by atoms with Crippen molar-refractivity contribution in [3.63, 3.8) is 0 Å². The Labute approximate surface area is 761 Å². The van der Waals surface area contributed by atoms with Crippen molar-refractivity contribution in [2.75, 3.05) is 0 Å². The molecular formula is C114H128Cl2N4O2S2. The van der Waals surface area contributed by atoms with E-state index in [-0.39, 0.29) is 44.2 Å². The Hall–Kier alpha value is -9.22. The number of unbranched alkanes of at least 4 members (excludes halogenated alkanes) is 24. The fourth-order valence-corrected chi connectivity index (χ4v) is 23.2. The summed E-state index contributed by atoms with van der Waals surface area (Å²) in [6.45, 7) is 35.5. The molecule has 0 bridgehead atoms. The van der Waals surface area contributed by atoms with Gasteiger partial charge in [0.1, 0.15) is 0 Å². The van der Waals surface area contributed by atoms with Crippen LogP contribution in [-0.4, -0.2) is 11.6 Å². The topological polar surface area (TPSA) is 90.4 Å². The van der Waals surface area contributed by atoms with Crippen LogP contribution in [0.25, 0.3) is 53.9 Å². The molecule has 7 aromatic carbocycles. The number of Topliss-reactive ketones (excluding diaryl/α,β-unsaturated/α-hetero) is 2. The van der Waals surface area contributed by atoms with Crippen LogP contribution in [0, 0.1) is 35.8 Å².